The maximum absolute atomic E-state index is 13.6. The molecule has 4 heteroatoms. The lowest BCUT2D eigenvalue weighted by molar-refractivity contribution is 0.181. The number of hydrogen-bond acceptors (Lipinski definition) is 3. The summed E-state index contributed by atoms with van der Waals surface area (Å²) in [5.41, 5.74) is 1.08. The van der Waals surface area contributed by atoms with Crippen LogP contribution in [0.1, 0.15) is 19.4 Å². The Labute approximate surface area is 102 Å². The van der Waals surface area contributed by atoms with Crippen LogP contribution in [0.25, 0.3) is 0 Å². The molecule has 17 heavy (non-hydrogen) atoms. The minimum Gasteiger partial charge on any atom is -0.391 e. The van der Waals surface area contributed by atoms with Crippen molar-refractivity contribution in [2.24, 2.45) is 0 Å². The summed E-state index contributed by atoms with van der Waals surface area (Å²) < 4.78 is 18.7. The number of aliphatic hydroxyl groups is 1. The summed E-state index contributed by atoms with van der Waals surface area (Å²) in [5, 5.41) is 9.26. The molecule has 0 aromatic heterocycles. The molecule has 1 aromatic rings. The van der Waals surface area contributed by atoms with Crippen molar-refractivity contribution in [1.29, 1.82) is 0 Å². The summed E-state index contributed by atoms with van der Waals surface area (Å²) >= 11 is 0. The van der Waals surface area contributed by atoms with E-state index in [4.69, 9.17) is 4.74 Å². The summed E-state index contributed by atoms with van der Waals surface area (Å²) in [6.07, 6.45) is 0. The number of aliphatic hydroxyl groups excluding tert-OH is 1. The van der Waals surface area contributed by atoms with Crippen molar-refractivity contribution in [3.8, 4) is 0 Å². The maximum atomic E-state index is 13.6. The van der Waals surface area contributed by atoms with Crippen molar-refractivity contribution in [3.05, 3.63) is 29.6 Å². The molecule has 3 nitrogen and oxygen atoms in total. The fraction of sp³-hybridized carbons (Fsp3) is 0.538. The van der Waals surface area contributed by atoms with Gasteiger partial charge < -0.3 is 14.7 Å². The number of rotatable bonds is 6. The molecule has 0 spiro atoms. The molecule has 0 aliphatic heterocycles. The molecular weight excluding hydrogens is 221 g/mol. The summed E-state index contributed by atoms with van der Waals surface area (Å²) in [6.45, 7) is 5.02. The van der Waals surface area contributed by atoms with Crippen molar-refractivity contribution in [2.75, 3.05) is 25.2 Å². The summed E-state index contributed by atoms with van der Waals surface area (Å²) in [6, 6.07) is 4.98. The molecule has 0 aliphatic rings. The summed E-state index contributed by atoms with van der Waals surface area (Å²) in [7, 11) is 1.64. The van der Waals surface area contributed by atoms with Crippen molar-refractivity contribution in [2.45, 2.75) is 26.5 Å². The second-order valence-corrected chi connectivity index (χ2v) is 3.99. The van der Waals surface area contributed by atoms with Crippen LogP contribution in [0.15, 0.2) is 18.2 Å². The molecule has 1 atom stereocenters. The zero-order valence-electron chi connectivity index (χ0n) is 10.6. The number of methoxy groups -OCH3 is 1. The van der Waals surface area contributed by atoms with Crippen molar-refractivity contribution < 1.29 is 14.2 Å². The van der Waals surface area contributed by atoms with E-state index in [1.54, 1.807) is 13.2 Å². The van der Waals surface area contributed by atoms with Crippen LogP contribution in [0.3, 0.4) is 0 Å². The van der Waals surface area contributed by atoms with Crippen LogP contribution in [0.4, 0.5) is 10.1 Å². The first-order valence-electron chi connectivity index (χ1n) is 5.79. The highest BCUT2D eigenvalue weighted by atomic mass is 19.1. The second-order valence-electron chi connectivity index (χ2n) is 3.99. The minimum atomic E-state index is -0.368. The van der Waals surface area contributed by atoms with Gasteiger partial charge in [-0.3, -0.25) is 0 Å². The average molecular weight is 241 g/mol. The Bertz CT molecular complexity index is 357. The molecule has 0 aliphatic carbocycles. The van der Waals surface area contributed by atoms with Gasteiger partial charge >= 0.3 is 0 Å². The molecule has 0 fully saturated rings. The standard InChI is InChI=1S/C13H20FNO2/c1-4-15(10(2)9-17-3)13-7-5-6-12(14)11(13)8-16/h5-7,10,16H,4,8-9H2,1-3H3. The first-order chi connectivity index (χ1) is 8.15. The van der Waals surface area contributed by atoms with Crippen LogP contribution in [0.5, 0.6) is 0 Å². The van der Waals surface area contributed by atoms with E-state index in [1.165, 1.54) is 6.07 Å². The fourth-order valence-electron chi connectivity index (χ4n) is 2.02. The molecule has 96 valence electrons. The van der Waals surface area contributed by atoms with Crippen molar-refractivity contribution in [1.82, 2.24) is 0 Å². The van der Waals surface area contributed by atoms with Gasteiger partial charge in [-0.15, -0.1) is 0 Å². The predicted molar refractivity (Wildman–Crippen MR) is 66.7 cm³/mol. The van der Waals surface area contributed by atoms with E-state index in [0.29, 0.717) is 12.2 Å². The van der Waals surface area contributed by atoms with Crippen LogP contribution >= 0.6 is 0 Å². The van der Waals surface area contributed by atoms with Gasteiger partial charge in [0.2, 0.25) is 0 Å². The minimum absolute atomic E-state index is 0.136. The van der Waals surface area contributed by atoms with Crippen LogP contribution in [-0.2, 0) is 11.3 Å². The van der Waals surface area contributed by atoms with Gasteiger partial charge in [-0.1, -0.05) is 6.07 Å². The van der Waals surface area contributed by atoms with Crippen molar-refractivity contribution >= 4 is 5.69 Å². The molecule has 1 N–H and O–H groups in total. The van der Waals surface area contributed by atoms with Crippen LogP contribution < -0.4 is 4.90 Å². The molecule has 1 aromatic carbocycles. The van der Waals surface area contributed by atoms with Gasteiger partial charge in [0.05, 0.1) is 13.2 Å². The second kappa shape index (κ2) is 6.57. The third-order valence-electron chi connectivity index (χ3n) is 2.84. The topological polar surface area (TPSA) is 32.7 Å². The lowest BCUT2D eigenvalue weighted by Gasteiger charge is -2.31. The molecule has 1 unspecified atom stereocenters. The molecule has 0 saturated carbocycles. The molecule has 0 radical (unpaired) electrons. The molecular formula is C13H20FNO2. The van der Waals surface area contributed by atoms with Gasteiger partial charge in [0.1, 0.15) is 5.82 Å². The van der Waals surface area contributed by atoms with Gasteiger partial charge in [0.25, 0.3) is 0 Å². The van der Waals surface area contributed by atoms with E-state index < -0.39 is 0 Å². The number of ether oxygens (including phenoxy) is 1. The first-order valence-corrected chi connectivity index (χ1v) is 5.79. The highest BCUT2D eigenvalue weighted by Gasteiger charge is 2.17. The Morgan fingerprint density at radius 3 is 2.71 bits per heavy atom. The SMILES string of the molecule is CCN(c1cccc(F)c1CO)C(C)COC. The quantitative estimate of drug-likeness (QED) is 0.828. The Balaban J connectivity index is 3.06. The molecule has 1 rings (SSSR count). The number of benzene rings is 1. The van der Waals surface area contributed by atoms with Gasteiger partial charge in [0.15, 0.2) is 0 Å². The highest BCUT2D eigenvalue weighted by molar-refractivity contribution is 5.54. The highest BCUT2D eigenvalue weighted by Crippen LogP contribution is 2.25. The van der Waals surface area contributed by atoms with E-state index in [1.807, 2.05) is 24.8 Å². The molecule has 0 saturated heterocycles. The zero-order chi connectivity index (χ0) is 12.8. The molecule has 0 heterocycles. The number of halogens is 1. The summed E-state index contributed by atoms with van der Waals surface area (Å²) in [4.78, 5) is 2.03. The van der Waals surface area contributed by atoms with Gasteiger partial charge in [-0.05, 0) is 26.0 Å². The third-order valence-corrected chi connectivity index (χ3v) is 2.84. The van der Waals surface area contributed by atoms with Crippen LogP contribution in [0, 0.1) is 5.82 Å². The van der Waals surface area contributed by atoms with Crippen LogP contribution in [0.2, 0.25) is 0 Å². The number of likely N-dealkylation sites (N-methyl/N-ethyl adjacent to an activating group) is 1. The monoisotopic (exact) mass is 241 g/mol. The zero-order valence-corrected chi connectivity index (χ0v) is 10.6. The van der Waals surface area contributed by atoms with Gasteiger partial charge in [-0.2, -0.15) is 0 Å². The lowest BCUT2D eigenvalue weighted by atomic mass is 10.1. The van der Waals surface area contributed by atoms with Gasteiger partial charge in [-0.25, -0.2) is 4.39 Å². The summed E-state index contributed by atoms with van der Waals surface area (Å²) in [5.74, 6) is -0.368. The normalized spacial score (nSPS) is 12.5. The maximum Gasteiger partial charge on any atom is 0.130 e. The molecule has 0 bridgehead atoms. The first kappa shape index (κ1) is 13.9. The average Bonchev–Trinajstić information content (AvgIpc) is 2.30. The Hall–Kier alpha value is -1.13. The lowest BCUT2D eigenvalue weighted by Crippen LogP contribution is -2.36. The third kappa shape index (κ3) is 3.17. The number of nitrogens with zero attached hydrogens (tertiary/aromatic N) is 1. The van der Waals surface area contributed by atoms with E-state index in [9.17, 15) is 9.50 Å². The van der Waals surface area contributed by atoms with E-state index in [-0.39, 0.29) is 18.5 Å². The van der Waals surface area contributed by atoms with Crippen molar-refractivity contribution in [3.63, 3.8) is 0 Å². The number of hydrogen-bond donors (Lipinski definition) is 1. The van der Waals surface area contributed by atoms with E-state index >= 15 is 0 Å². The van der Waals surface area contributed by atoms with E-state index in [0.717, 1.165) is 12.2 Å². The smallest absolute Gasteiger partial charge is 0.130 e. The fourth-order valence-corrected chi connectivity index (χ4v) is 2.02. The molecule has 0 amide bonds. The largest absolute Gasteiger partial charge is 0.391 e. The Morgan fingerprint density at radius 1 is 1.47 bits per heavy atom. The Kier molecular flexibility index (Phi) is 5.38. The Morgan fingerprint density at radius 2 is 2.18 bits per heavy atom. The van der Waals surface area contributed by atoms with Gasteiger partial charge in [0, 0.05) is 30.9 Å². The predicted octanol–water partition coefficient (Wildman–Crippen LogP) is 2.18. The van der Waals surface area contributed by atoms with E-state index in [2.05, 4.69) is 0 Å². The van der Waals surface area contributed by atoms with Crippen LogP contribution in [-0.4, -0.2) is 31.4 Å². The number of anilines is 1.